The lowest BCUT2D eigenvalue weighted by molar-refractivity contribution is -0.136. The van der Waals surface area contributed by atoms with Crippen molar-refractivity contribution in [3.8, 4) is 16.9 Å². The predicted molar refractivity (Wildman–Crippen MR) is 133 cm³/mol. The van der Waals surface area contributed by atoms with E-state index >= 15 is 0 Å². The van der Waals surface area contributed by atoms with Crippen LogP contribution in [0.25, 0.3) is 11.1 Å². The molecular weight excluding hydrogens is 445 g/mol. The zero-order chi connectivity index (χ0) is 25.2. The fourth-order valence-corrected chi connectivity index (χ4v) is 4.82. The van der Waals surface area contributed by atoms with Crippen molar-refractivity contribution in [1.82, 2.24) is 4.90 Å². The van der Waals surface area contributed by atoms with Gasteiger partial charge in [-0.1, -0.05) is 62.4 Å². The first-order chi connectivity index (χ1) is 16.7. The molecule has 1 amide bonds. The quantitative estimate of drug-likeness (QED) is 0.498. The highest BCUT2D eigenvalue weighted by Gasteiger charge is 2.31. The van der Waals surface area contributed by atoms with Crippen molar-refractivity contribution in [2.24, 2.45) is 0 Å². The number of carboxylic acids is 1. The van der Waals surface area contributed by atoms with Gasteiger partial charge in [0.15, 0.2) is 0 Å². The molecule has 35 heavy (non-hydrogen) atoms. The van der Waals surface area contributed by atoms with Gasteiger partial charge in [-0.05, 0) is 51.8 Å². The van der Waals surface area contributed by atoms with Crippen LogP contribution in [0.5, 0.6) is 5.75 Å². The fraction of sp³-hybridized carbons (Fsp3) is 0.310. The lowest BCUT2D eigenvalue weighted by Gasteiger charge is -2.34. The second-order valence-electron chi connectivity index (χ2n) is 9.65. The molecular formula is C29H30FNO4. The van der Waals surface area contributed by atoms with E-state index in [4.69, 9.17) is 9.84 Å². The number of benzene rings is 3. The first-order valence-corrected chi connectivity index (χ1v) is 11.7. The number of fused-ring (bicyclic) bond motifs is 1. The summed E-state index contributed by atoms with van der Waals surface area (Å²) in [6, 6.07) is 18.4. The summed E-state index contributed by atoms with van der Waals surface area (Å²) < 4.78 is 20.3. The minimum atomic E-state index is -0.924. The molecule has 6 heteroatoms. The van der Waals surface area contributed by atoms with Gasteiger partial charge in [0.1, 0.15) is 11.6 Å². The molecule has 0 aliphatic carbocycles. The monoisotopic (exact) mass is 475 g/mol. The van der Waals surface area contributed by atoms with Gasteiger partial charge in [-0.15, -0.1) is 0 Å². The largest absolute Gasteiger partial charge is 0.496 e. The summed E-state index contributed by atoms with van der Waals surface area (Å²) in [4.78, 5) is 26.3. The Morgan fingerprint density at radius 2 is 1.74 bits per heavy atom. The molecule has 0 unspecified atom stereocenters. The number of carboxylic acid groups (broad SMARTS) is 1. The topological polar surface area (TPSA) is 66.8 Å². The van der Waals surface area contributed by atoms with Gasteiger partial charge >= 0.3 is 5.97 Å². The van der Waals surface area contributed by atoms with E-state index in [-0.39, 0.29) is 23.6 Å². The molecule has 0 aromatic heterocycles. The van der Waals surface area contributed by atoms with Gasteiger partial charge in [0.25, 0.3) is 0 Å². The first kappa shape index (κ1) is 24.5. The van der Waals surface area contributed by atoms with E-state index in [2.05, 4.69) is 13.8 Å². The molecule has 1 N–H and O–H groups in total. The van der Waals surface area contributed by atoms with Crippen molar-refractivity contribution in [1.29, 1.82) is 0 Å². The third-order valence-corrected chi connectivity index (χ3v) is 6.77. The first-order valence-electron chi connectivity index (χ1n) is 11.7. The SMILES string of the molecule is COc1cc(CC(=O)O)ccc1-c1ccc(F)c2c1CN(C(=O)CC(C)(C)c1ccccc1)CC2. The van der Waals surface area contributed by atoms with Crippen LogP contribution in [-0.2, 0) is 34.4 Å². The maximum absolute atomic E-state index is 14.8. The molecule has 0 spiro atoms. The van der Waals surface area contributed by atoms with Crippen LogP contribution in [0.4, 0.5) is 4.39 Å². The molecule has 3 aromatic carbocycles. The summed E-state index contributed by atoms with van der Waals surface area (Å²) in [5.74, 6) is -0.650. The van der Waals surface area contributed by atoms with Crippen molar-refractivity contribution >= 4 is 11.9 Å². The number of halogens is 1. The van der Waals surface area contributed by atoms with Crippen molar-refractivity contribution in [3.05, 3.63) is 88.7 Å². The van der Waals surface area contributed by atoms with E-state index in [1.807, 2.05) is 36.4 Å². The molecule has 0 radical (unpaired) electrons. The Balaban J connectivity index is 1.64. The van der Waals surface area contributed by atoms with E-state index in [1.165, 1.54) is 13.2 Å². The van der Waals surface area contributed by atoms with Crippen LogP contribution in [0, 0.1) is 5.82 Å². The standard InChI is InChI=1S/C29H30FNO4/c1-29(2,20-7-5-4-6-8-20)17-27(32)31-14-13-22-24(18-31)21(11-12-25(22)30)23-10-9-19(16-28(33)34)15-26(23)35-3/h4-12,15H,13-14,16-18H2,1-3H3,(H,33,34). The van der Waals surface area contributed by atoms with Gasteiger partial charge in [-0.2, -0.15) is 0 Å². The van der Waals surface area contributed by atoms with Gasteiger partial charge < -0.3 is 14.7 Å². The van der Waals surface area contributed by atoms with E-state index in [0.717, 1.165) is 22.3 Å². The third-order valence-electron chi connectivity index (χ3n) is 6.77. The molecule has 4 rings (SSSR count). The summed E-state index contributed by atoms with van der Waals surface area (Å²) >= 11 is 0. The van der Waals surface area contributed by atoms with Gasteiger partial charge in [0.05, 0.1) is 13.5 Å². The molecule has 0 fully saturated rings. The van der Waals surface area contributed by atoms with Crippen LogP contribution in [-0.4, -0.2) is 35.5 Å². The van der Waals surface area contributed by atoms with Crippen LogP contribution >= 0.6 is 0 Å². The Bertz CT molecular complexity index is 1250. The molecule has 0 saturated heterocycles. The zero-order valence-corrected chi connectivity index (χ0v) is 20.3. The lowest BCUT2D eigenvalue weighted by Crippen LogP contribution is -2.39. The molecule has 0 atom stereocenters. The van der Waals surface area contributed by atoms with E-state index in [0.29, 0.717) is 42.8 Å². The highest BCUT2D eigenvalue weighted by Crippen LogP contribution is 2.38. The minimum absolute atomic E-state index is 0.0310. The van der Waals surface area contributed by atoms with Crippen LogP contribution in [0.1, 0.15) is 42.5 Å². The van der Waals surface area contributed by atoms with Crippen LogP contribution in [0.15, 0.2) is 60.7 Å². The summed E-state index contributed by atoms with van der Waals surface area (Å²) in [6.45, 7) is 4.90. The number of methoxy groups -OCH3 is 1. The molecule has 1 aliphatic rings. The lowest BCUT2D eigenvalue weighted by atomic mass is 9.81. The zero-order valence-electron chi connectivity index (χ0n) is 20.3. The van der Waals surface area contributed by atoms with Crippen molar-refractivity contribution in [3.63, 3.8) is 0 Å². The number of nitrogens with zero attached hydrogens (tertiary/aromatic N) is 1. The molecule has 182 valence electrons. The number of rotatable bonds is 7. The van der Waals surface area contributed by atoms with Crippen LogP contribution < -0.4 is 4.74 Å². The molecule has 3 aromatic rings. The number of aliphatic carboxylic acids is 1. The number of carbonyl (C=O) groups is 2. The summed E-state index contributed by atoms with van der Waals surface area (Å²) in [6.07, 6.45) is 0.674. The van der Waals surface area contributed by atoms with Gasteiger partial charge in [0.2, 0.25) is 5.91 Å². The number of hydrogen-bond acceptors (Lipinski definition) is 3. The van der Waals surface area contributed by atoms with Crippen molar-refractivity contribution in [2.45, 2.75) is 45.1 Å². The second kappa shape index (κ2) is 9.90. The number of hydrogen-bond donors (Lipinski definition) is 1. The van der Waals surface area contributed by atoms with Crippen LogP contribution in [0.2, 0.25) is 0 Å². The average Bonchev–Trinajstić information content (AvgIpc) is 2.84. The highest BCUT2D eigenvalue weighted by atomic mass is 19.1. The Morgan fingerprint density at radius 3 is 2.43 bits per heavy atom. The van der Waals surface area contributed by atoms with Gasteiger partial charge in [-0.25, -0.2) is 4.39 Å². The molecule has 1 heterocycles. The second-order valence-corrected chi connectivity index (χ2v) is 9.65. The van der Waals surface area contributed by atoms with E-state index in [1.54, 1.807) is 23.1 Å². The fourth-order valence-electron chi connectivity index (χ4n) is 4.82. The maximum Gasteiger partial charge on any atom is 0.307 e. The number of amides is 1. The smallest absolute Gasteiger partial charge is 0.307 e. The molecule has 0 bridgehead atoms. The Labute approximate surface area is 205 Å². The highest BCUT2D eigenvalue weighted by molar-refractivity contribution is 5.80. The predicted octanol–water partition coefficient (Wildman–Crippen LogP) is 5.38. The molecule has 0 saturated carbocycles. The Kier molecular flexibility index (Phi) is 6.92. The van der Waals surface area contributed by atoms with Crippen molar-refractivity contribution < 1.29 is 23.8 Å². The molecule has 5 nitrogen and oxygen atoms in total. The normalized spacial score (nSPS) is 13.3. The van der Waals surface area contributed by atoms with Crippen LogP contribution in [0.3, 0.4) is 0 Å². The molecule has 1 aliphatic heterocycles. The summed E-state index contributed by atoms with van der Waals surface area (Å²) in [7, 11) is 1.53. The Morgan fingerprint density at radius 1 is 1.03 bits per heavy atom. The number of ether oxygens (including phenoxy) is 1. The minimum Gasteiger partial charge on any atom is -0.496 e. The number of carbonyl (C=O) groups excluding carboxylic acids is 1. The third kappa shape index (κ3) is 5.21. The van der Waals surface area contributed by atoms with E-state index < -0.39 is 5.97 Å². The van der Waals surface area contributed by atoms with Gasteiger partial charge in [0, 0.05) is 25.1 Å². The Hall–Kier alpha value is -3.67. The van der Waals surface area contributed by atoms with Gasteiger partial charge in [-0.3, -0.25) is 9.59 Å². The average molecular weight is 476 g/mol. The van der Waals surface area contributed by atoms with Crippen molar-refractivity contribution in [2.75, 3.05) is 13.7 Å². The van der Waals surface area contributed by atoms with E-state index in [9.17, 15) is 14.0 Å². The summed E-state index contributed by atoms with van der Waals surface area (Å²) in [5, 5.41) is 9.12. The maximum atomic E-state index is 14.8. The summed E-state index contributed by atoms with van der Waals surface area (Å²) in [5.41, 5.74) is 4.32.